The van der Waals surface area contributed by atoms with Gasteiger partial charge in [0.2, 0.25) is 0 Å². The first-order chi connectivity index (χ1) is 6.11. The Balaban J connectivity index is 3.71. The molecule has 0 fully saturated rings. The third kappa shape index (κ3) is 5.38. The molecule has 0 aliphatic carbocycles. The molecule has 0 radical (unpaired) electrons. The Morgan fingerprint density at radius 3 is 2.38 bits per heavy atom. The lowest BCUT2D eigenvalue weighted by molar-refractivity contribution is -0.143. The SMILES string of the molecule is C=C(C)C(=O)OCC(COC)OC. The number of rotatable bonds is 6. The van der Waals surface area contributed by atoms with E-state index in [-0.39, 0.29) is 12.7 Å². The third-order valence-electron chi connectivity index (χ3n) is 1.43. The molecule has 0 saturated carbocycles. The molecule has 4 nitrogen and oxygen atoms in total. The Kier molecular flexibility index (Phi) is 6.18. The normalized spacial score (nSPS) is 12.2. The molecule has 1 unspecified atom stereocenters. The van der Waals surface area contributed by atoms with Gasteiger partial charge in [0.15, 0.2) is 0 Å². The highest BCUT2D eigenvalue weighted by atomic mass is 16.6. The van der Waals surface area contributed by atoms with E-state index in [0.717, 1.165) is 0 Å². The molecule has 0 bridgehead atoms. The third-order valence-corrected chi connectivity index (χ3v) is 1.43. The van der Waals surface area contributed by atoms with Crippen molar-refractivity contribution in [1.82, 2.24) is 0 Å². The van der Waals surface area contributed by atoms with Crippen molar-refractivity contribution < 1.29 is 19.0 Å². The number of esters is 1. The van der Waals surface area contributed by atoms with Crippen molar-refractivity contribution in [3.05, 3.63) is 12.2 Å². The number of methoxy groups -OCH3 is 2. The van der Waals surface area contributed by atoms with Crippen molar-refractivity contribution in [2.75, 3.05) is 27.4 Å². The topological polar surface area (TPSA) is 44.8 Å². The fourth-order valence-corrected chi connectivity index (χ4v) is 0.662. The van der Waals surface area contributed by atoms with E-state index in [2.05, 4.69) is 6.58 Å². The molecule has 0 amide bonds. The van der Waals surface area contributed by atoms with Crippen LogP contribution in [-0.2, 0) is 19.0 Å². The van der Waals surface area contributed by atoms with Crippen molar-refractivity contribution in [3.63, 3.8) is 0 Å². The molecule has 0 aromatic carbocycles. The molecule has 1 atom stereocenters. The summed E-state index contributed by atoms with van der Waals surface area (Å²) >= 11 is 0. The van der Waals surface area contributed by atoms with Crippen LogP contribution in [0.1, 0.15) is 6.92 Å². The van der Waals surface area contributed by atoms with Crippen molar-refractivity contribution in [1.29, 1.82) is 0 Å². The fraction of sp³-hybridized carbons (Fsp3) is 0.667. The van der Waals surface area contributed by atoms with Gasteiger partial charge in [0.1, 0.15) is 12.7 Å². The molecule has 0 aromatic rings. The average molecular weight is 188 g/mol. The maximum Gasteiger partial charge on any atom is 0.333 e. The highest BCUT2D eigenvalue weighted by molar-refractivity contribution is 5.86. The van der Waals surface area contributed by atoms with Crippen LogP contribution in [0, 0.1) is 0 Å². The van der Waals surface area contributed by atoms with Crippen LogP contribution < -0.4 is 0 Å². The first kappa shape index (κ1) is 12.1. The maximum absolute atomic E-state index is 10.9. The molecule has 4 heteroatoms. The summed E-state index contributed by atoms with van der Waals surface area (Å²) in [5, 5.41) is 0. The molecule has 0 aliphatic heterocycles. The molecule has 0 aromatic heterocycles. The minimum atomic E-state index is -0.404. The minimum Gasteiger partial charge on any atom is -0.459 e. The van der Waals surface area contributed by atoms with Gasteiger partial charge in [0.25, 0.3) is 0 Å². The molecular weight excluding hydrogens is 172 g/mol. The standard InChI is InChI=1S/C9H16O4/c1-7(2)9(10)13-6-8(12-4)5-11-3/h8H,1,5-6H2,2-4H3. The highest BCUT2D eigenvalue weighted by Gasteiger charge is 2.10. The zero-order valence-corrected chi connectivity index (χ0v) is 8.33. The van der Waals surface area contributed by atoms with Gasteiger partial charge in [-0.15, -0.1) is 0 Å². The van der Waals surface area contributed by atoms with Gasteiger partial charge in [-0.05, 0) is 6.92 Å². The Hall–Kier alpha value is -0.870. The van der Waals surface area contributed by atoms with Gasteiger partial charge in [-0.3, -0.25) is 0 Å². The van der Waals surface area contributed by atoms with Gasteiger partial charge in [-0.25, -0.2) is 4.79 Å². The number of carbonyl (C=O) groups is 1. The van der Waals surface area contributed by atoms with E-state index in [4.69, 9.17) is 14.2 Å². The fourth-order valence-electron chi connectivity index (χ4n) is 0.662. The van der Waals surface area contributed by atoms with Crippen LogP contribution in [0.3, 0.4) is 0 Å². The summed E-state index contributed by atoms with van der Waals surface area (Å²) in [6, 6.07) is 0. The quantitative estimate of drug-likeness (QED) is 0.456. The lowest BCUT2D eigenvalue weighted by atomic mass is 10.3. The largest absolute Gasteiger partial charge is 0.459 e. The first-order valence-electron chi connectivity index (χ1n) is 3.96. The molecule has 0 spiro atoms. The predicted molar refractivity (Wildman–Crippen MR) is 48.4 cm³/mol. The zero-order valence-electron chi connectivity index (χ0n) is 8.33. The van der Waals surface area contributed by atoms with Crippen molar-refractivity contribution >= 4 is 5.97 Å². The van der Waals surface area contributed by atoms with Crippen LogP contribution in [0.2, 0.25) is 0 Å². The average Bonchev–Trinajstić information content (AvgIpc) is 2.11. The molecule has 0 rings (SSSR count). The van der Waals surface area contributed by atoms with Gasteiger partial charge >= 0.3 is 5.97 Å². The summed E-state index contributed by atoms with van der Waals surface area (Å²) < 4.78 is 14.7. The number of carbonyl (C=O) groups excluding carboxylic acids is 1. The Morgan fingerprint density at radius 1 is 1.38 bits per heavy atom. The molecule has 0 aliphatic rings. The predicted octanol–water partition coefficient (Wildman–Crippen LogP) is 0.767. The smallest absolute Gasteiger partial charge is 0.333 e. The molecular formula is C9H16O4. The summed E-state index contributed by atoms with van der Waals surface area (Å²) in [6.07, 6.45) is -0.215. The monoisotopic (exact) mass is 188 g/mol. The molecule has 0 N–H and O–H groups in total. The van der Waals surface area contributed by atoms with Crippen LogP contribution in [0.25, 0.3) is 0 Å². The van der Waals surface area contributed by atoms with Gasteiger partial charge < -0.3 is 14.2 Å². The second kappa shape index (κ2) is 6.62. The lowest BCUT2D eigenvalue weighted by Gasteiger charge is -2.14. The van der Waals surface area contributed by atoms with E-state index in [1.165, 1.54) is 7.11 Å². The number of hydrogen-bond donors (Lipinski definition) is 0. The number of ether oxygens (including phenoxy) is 3. The van der Waals surface area contributed by atoms with E-state index in [1.54, 1.807) is 14.0 Å². The Morgan fingerprint density at radius 2 is 2.00 bits per heavy atom. The van der Waals surface area contributed by atoms with Crippen LogP contribution in [-0.4, -0.2) is 39.5 Å². The zero-order chi connectivity index (χ0) is 10.3. The highest BCUT2D eigenvalue weighted by Crippen LogP contribution is 1.96. The summed E-state index contributed by atoms with van der Waals surface area (Å²) in [5.41, 5.74) is 0.382. The van der Waals surface area contributed by atoms with Gasteiger partial charge in [-0.1, -0.05) is 6.58 Å². The maximum atomic E-state index is 10.9. The summed E-state index contributed by atoms with van der Waals surface area (Å²) in [7, 11) is 3.10. The Bertz CT molecular complexity index is 176. The summed E-state index contributed by atoms with van der Waals surface area (Å²) in [5.74, 6) is -0.404. The minimum absolute atomic E-state index is 0.191. The van der Waals surface area contributed by atoms with Gasteiger partial charge in [0, 0.05) is 19.8 Å². The van der Waals surface area contributed by atoms with E-state index >= 15 is 0 Å². The molecule has 0 saturated heterocycles. The second-order valence-electron chi connectivity index (χ2n) is 2.69. The van der Waals surface area contributed by atoms with Crippen molar-refractivity contribution in [2.45, 2.75) is 13.0 Å². The van der Waals surface area contributed by atoms with E-state index in [0.29, 0.717) is 12.2 Å². The van der Waals surface area contributed by atoms with Crippen LogP contribution in [0.15, 0.2) is 12.2 Å². The number of hydrogen-bond acceptors (Lipinski definition) is 4. The van der Waals surface area contributed by atoms with Crippen molar-refractivity contribution in [3.8, 4) is 0 Å². The summed E-state index contributed by atoms with van der Waals surface area (Å²) in [4.78, 5) is 10.9. The first-order valence-corrected chi connectivity index (χ1v) is 3.96. The van der Waals surface area contributed by atoms with E-state index < -0.39 is 5.97 Å². The Labute approximate surface area is 78.5 Å². The van der Waals surface area contributed by atoms with Gasteiger partial charge in [0.05, 0.1) is 6.61 Å². The van der Waals surface area contributed by atoms with Crippen LogP contribution >= 0.6 is 0 Å². The van der Waals surface area contributed by atoms with Crippen molar-refractivity contribution in [2.24, 2.45) is 0 Å². The summed E-state index contributed by atoms with van der Waals surface area (Å²) in [6.45, 7) is 5.65. The lowest BCUT2D eigenvalue weighted by Crippen LogP contribution is -2.25. The molecule has 13 heavy (non-hydrogen) atoms. The van der Waals surface area contributed by atoms with E-state index in [9.17, 15) is 4.79 Å². The molecule has 76 valence electrons. The van der Waals surface area contributed by atoms with E-state index in [1.807, 2.05) is 0 Å². The van der Waals surface area contributed by atoms with Crippen LogP contribution in [0.4, 0.5) is 0 Å². The molecule has 0 heterocycles. The van der Waals surface area contributed by atoms with Crippen LogP contribution in [0.5, 0.6) is 0 Å². The second-order valence-corrected chi connectivity index (χ2v) is 2.69. The van der Waals surface area contributed by atoms with Gasteiger partial charge in [-0.2, -0.15) is 0 Å².